The first-order chi connectivity index (χ1) is 28.7. The van der Waals surface area contributed by atoms with Crippen molar-refractivity contribution in [3.63, 3.8) is 0 Å². The van der Waals surface area contributed by atoms with Gasteiger partial charge in [-0.15, -0.1) is 11.3 Å². The predicted octanol–water partition coefficient (Wildman–Crippen LogP) is 15.8. The average molecular weight is 865 g/mol. The quantitative estimate of drug-likeness (QED) is 0.0424. The molecule has 1 aromatic heterocycles. The van der Waals surface area contributed by atoms with Crippen molar-refractivity contribution in [2.45, 2.75) is 233 Å². The van der Waals surface area contributed by atoms with Crippen LogP contribution in [-0.4, -0.2) is 49.5 Å². The number of carbonyl (C=O) groups excluding carboxylic acids is 2. The van der Waals surface area contributed by atoms with Gasteiger partial charge in [0.25, 0.3) is 11.8 Å². The second-order valence-corrected chi connectivity index (χ2v) is 22.8. The van der Waals surface area contributed by atoms with E-state index in [9.17, 15) is 0 Å². The van der Waals surface area contributed by atoms with Crippen molar-refractivity contribution in [1.29, 1.82) is 0 Å². The molecule has 0 spiro atoms. The summed E-state index contributed by atoms with van der Waals surface area (Å²) < 4.78 is -0.198. The van der Waals surface area contributed by atoms with Gasteiger partial charge in [-0.2, -0.15) is 0 Å². The first-order valence-electron chi connectivity index (χ1n) is 24.7. The van der Waals surface area contributed by atoms with E-state index in [2.05, 4.69) is 75.8 Å². The molecular weight excluding hydrogens is 777 g/mol. The van der Waals surface area contributed by atoms with Crippen LogP contribution in [0.2, 0.25) is 0 Å². The van der Waals surface area contributed by atoms with Gasteiger partial charge in [0.2, 0.25) is 0 Å². The summed E-state index contributed by atoms with van der Waals surface area (Å²) in [6.45, 7) is 27.5. The third-order valence-corrected chi connectivity index (χ3v) is 14.7. The number of aromatic nitrogens is 1. The molecule has 0 aliphatic carbocycles. The van der Waals surface area contributed by atoms with E-state index in [-0.39, 0.29) is 22.0 Å². The number of hydrogen-bond acceptors (Lipinski definition) is 6. The van der Waals surface area contributed by atoms with Gasteiger partial charge in [-0.25, -0.2) is 9.98 Å². The lowest BCUT2D eigenvalue weighted by Crippen LogP contribution is -2.37. The minimum atomic E-state index is -0.198. The van der Waals surface area contributed by atoms with E-state index in [0.717, 1.165) is 41.3 Å². The summed E-state index contributed by atoms with van der Waals surface area (Å²) in [6, 6.07) is 0. The Hall–Kier alpha value is -2.19. The minimum Gasteiger partial charge on any atom is -0.305 e. The number of amides is 2. The highest BCUT2D eigenvalue weighted by Crippen LogP contribution is 2.48. The molecule has 0 bridgehead atoms. The Balaban J connectivity index is 2.19. The number of unbranched alkanes of at least 4 members (excludes halogenated alkanes) is 16. The fraction of sp³-hybridized carbons (Fsp3) is 0.769. The van der Waals surface area contributed by atoms with Crippen LogP contribution in [0, 0.1) is 11.8 Å². The summed E-state index contributed by atoms with van der Waals surface area (Å²) >= 11 is 3.28. The topological polar surface area (TPSA) is 65.9 Å². The maximum atomic E-state index is 15.5. The minimum absolute atomic E-state index is 0.0541. The number of carbonyl (C=O) groups is 2. The molecule has 6 nitrogen and oxygen atoms in total. The summed E-state index contributed by atoms with van der Waals surface area (Å²) in [5.74, 6) is 0.602. The van der Waals surface area contributed by atoms with E-state index >= 15 is 9.59 Å². The molecular formula is C52H88N4O2S2. The molecule has 2 unspecified atom stereocenters. The van der Waals surface area contributed by atoms with Crippen LogP contribution in [0.4, 0.5) is 0 Å². The monoisotopic (exact) mass is 865 g/mol. The molecule has 340 valence electrons. The number of hydrogen-bond donors (Lipinski definition) is 0. The SMILES string of the molecule is C=CN=C(SC(C)(C)C)C1=C2C(=O)N(CC(CCCCCC)CCCCCCCC)C(c3ncc(C(C)(C)C)s3)=C2C(=O)N1CC(CCCCCC)CCCCCCCC. The molecule has 8 heteroatoms. The lowest BCUT2D eigenvalue weighted by Gasteiger charge is -2.31. The number of fused-ring (bicyclic) bond motifs is 1. The maximum Gasteiger partial charge on any atom is 0.261 e. The summed E-state index contributed by atoms with van der Waals surface area (Å²) in [4.78, 5) is 46.0. The van der Waals surface area contributed by atoms with Crippen molar-refractivity contribution >= 4 is 45.7 Å². The molecule has 0 saturated heterocycles. The molecule has 1 aromatic rings. The van der Waals surface area contributed by atoms with E-state index in [4.69, 9.17) is 9.98 Å². The van der Waals surface area contributed by atoms with Crippen LogP contribution in [0.1, 0.15) is 233 Å². The molecule has 0 radical (unpaired) electrons. The third-order valence-electron chi connectivity index (χ3n) is 12.2. The van der Waals surface area contributed by atoms with Crippen molar-refractivity contribution in [3.8, 4) is 0 Å². The molecule has 2 aliphatic heterocycles. The summed E-state index contributed by atoms with van der Waals surface area (Å²) in [7, 11) is 0. The lowest BCUT2D eigenvalue weighted by atomic mass is 9.93. The van der Waals surface area contributed by atoms with Gasteiger partial charge in [-0.1, -0.05) is 216 Å². The Labute approximate surface area is 377 Å². The normalized spacial score (nSPS) is 16.2. The fourth-order valence-corrected chi connectivity index (χ4v) is 10.8. The largest absolute Gasteiger partial charge is 0.305 e. The predicted molar refractivity (Wildman–Crippen MR) is 264 cm³/mol. The Morgan fingerprint density at radius 2 is 1.08 bits per heavy atom. The maximum absolute atomic E-state index is 15.5. The van der Waals surface area contributed by atoms with E-state index in [1.807, 2.05) is 16.0 Å². The van der Waals surface area contributed by atoms with Gasteiger partial charge < -0.3 is 9.80 Å². The first kappa shape index (κ1) is 52.2. The first-order valence-corrected chi connectivity index (χ1v) is 26.3. The number of thiazole rings is 1. The van der Waals surface area contributed by atoms with Crippen LogP contribution >= 0.6 is 23.1 Å². The van der Waals surface area contributed by atoms with Crippen LogP contribution in [0.5, 0.6) is 0 Å². The van der Waals surface area contributed by atoms with Crippen LogP contribution in [-0.2, 0) is 15.0 Å². The second kappa shape index (κ2) is 27.1. The number of thioether (sulfide) groups is 1. The summed E-state index contributed by atoms with van der Waals surface area (Å²) in [5, 5.41) is 1.50. The van der Waals surface area contributed by atoms with Crippen LogP contribution < -0.4 is 0 Å². The molecule has 2 atom stereocenters. The van der Waals surface area contributed by atoms with Crippen molar-refractivity contribution in [1.82, 2.24) is 14.8 Å². The van der Waals surface area contributed by atoms with Crippen molar-refractivity contribution in [2.24, 2.45) is 16.8 Å². The zero-order valence-electron chi connectivity index (χ0n) is 40.3. The summed E-state index contributed by atoms with van der Waals surface area (Å²) in [6.07, 6.45) is 32.7. The molecule has 60 heavy (non-hydrogen) atoms. The third kappa shape index (κ3) is 16.5. The Bertz CT molecular complexity index is 1560. The molecule has 3 heterocycles. The molecule has 0 saturated carbocycles. The van der Waals surface area contributed by atoms with Crippen molar-refractivity contribution in [3.05, 3.63) is 45.7 Å². The zero-order chi connectivity index (χ0) is 44.1. The summed E-state index contributed by atoms with van der Waals surface area (Å²) in [5.41, 5.74) is 2.41. The molecule has 0 N–H and O–H groups in total. The smallest absolute Gasteiger partial charge is 0.261 e. The highest BCUT2D eigenvalue weighted by Gasteiger charge is 2.51. The van der Waals surface area contributed by atoms with E-state index < -0.39 is 0 Å². The van der Waals surface area contributed by atoms with Gasteiger partial charge in [-0.05, 0) is 42.9 Å². The second-order valence-electron chi connectivity index (χ2n) is 19.9. The Kier molecular flexibility index (Phi) is 23.6. The Morgan fingerprint density at radius 1 is 0.667 bits per heavy atom. The molecule has 2 aliphatic rings. The standard InChI is InChI=1S/C52H88N4O2S2/c1-12-17-21-25-27-31-35-40(33-29-23-19-14-3)38-55-45(47-54-37-42(59-47)51(6,7)8)43-44(50(55)58)46(48(53-16-5)60-52(9,10)11)56(49(43)57)39-41(34-30-24-20-15-4)36-32-28-26-22-18-13-2/h16,37,40-41H,5,12-15,17-36,38-39H2,1-4,6-11H3. The highest BCUT2D eigenvalue weighted by molar-refractivity contribution is 8.15. The lowest BCUT2D eigenvalue weighted by molar-refractivity contribution is -0.124. The fourth-order valence-electron chi connectivity index (χ4n) is 8.74. The molecule has 0 fully saturated rings. The van der Waals surface area contributed by atoms with Crippen LogP contribution in [0.25, 0.3) is 5.70 Å². The molecule has 3 rings (SSSR count). The Morgan fingerprint density at radius 3 is 1.50 bits per heavy atom. The zero-order valence-corrected chi connectivity index (χ0v) is 42.0. The number of aliphatic imine (C=N–C) groups is 1. The van der Waals surface area contributed by atoms with Crippen molar-refractivity contribution < 1.29 is 9.59 Å². The van der Waals surface area contributed by atoms with E-state index in [0.29, 0.717) is 46.8 Å². The van der Waals surface area contributed by atoms with Gasteiger partial charge in [0.15, 0.2) is 0 Å². The number of rotatable bonds is 31. The van der Waals surface area contributed by atoms with Gasteiger partial charge in [0, 0.05) is 35.1 Å². The van der Waals surface area contributed by atoms with Crippen molar-refractivity contribution in [2.75, 3.05) is 13.1 Å². The van der Waals surface area contributed by atoms with E-state index in [1.165, 1.54) is 128 Å². The highest BCUT2D eigenvalue weighted by atomic mass is 32.2. The van der Waals surface area contributed by atoms with Gasteiger partial charge in [0.1, 0.15) is 10.1 Å². The average Bonchev–Trinajstić information content (AvgIpc) is 3.87. The molecule has 2 amide bonds. The van der Waals surface area contributed by atoms with Gasteiger partial charge in [-0.3, -0.25) is 9.59 Å². The van der Waals surface area contributed by atoms with Crippen LogP contribution in [0.3, 0.4) is 0 Å². The van der Waals surface area contributed by atoms with Crippen LogP contribution in [0.15, 0.2) is 40.8 Å². The van der Waals surface area contributed by atoms with Gasteiger partial charge in [0.05, 0.1) is 22.5 Å². The molecule has 0 aromatic carbocycles. The van der Waals surface area contributed by atoms with Gasteiger partial charge >= 0.3 is 0 Å². The van der Waals surface area contributed by atoms with E-state index in [1.54, 1.807) is 29.3 Å². The number of nitrogens with zero attached hydrogens (tertiary/aromatic N) is 4.